The van der Waals surface area contributed by atoms with E-state index in [1.54, 1.807) is 0 Å². The second-order valence-corrected chi connectivity index (χ2v) is 4.16. The van der Waals surface area contributed by atoms with E-state index in [9.17, 15) is 10.2 Å². The molecule has 0 aliphatic carbocycles. The van der Waals surface area contributed by atoms with E-state index in [-0.39, 0.29) is 22.3 Å². The smallest absolute Gasteiger partial charge is 0.132 e. The van der Waals surface area contributed by atoms with E-state index in [1.165, 1.54) is 12.1 Å². The van der Waals surface area contributed by atoms with E-state index in [0.717, 1.165) is 6.42 Å². The zero-order chi connectivity index (χ0) is 12.1. The topological polar surface area (TPSA) is 79.2 Å². The molecule has 1 atom stereocenters. The molecule has 0 bridgehead atoms. The lowest BCUT2D eigenvalue weighted by Crippen LogP contribution is -1.92. The Hall–Kier alpha value is -0.950. The van der Waals surface area contributed by atoms with Crippen LogP contribution in [0.15, 0.2) is 17.0 Å². The molecule has 0 saturated heterocycles. The molecule has 1 rings (SSSR count). The van der Waals surface area contributed by atoms with Gasteiger partial charge in [0.2, 0.25) is 0 Å². The van der Waals surface area contributed by atoms with Crippen LogP contribution >= 0.6 is 12.0 Å². The summed E-state index contributed by atoms with van der Waals surface area (Å²) >= 11 is 0.607. The molecular weight excluding hydrogens is 232 g/mol. The molecule has 0 amide bonds. The van der Waals surface area contributed by atoms with Crippen molar-refractivity contribution in [1.82, 2.24) is 0 Å². The molecule has 0 aromatic heterocycles. The Morgan fingerprint density at radius 2 is 2.00 bits per heavy atom. The molecule has 16 heavy (non-hydrogen) atoms. The lowest BCUT2D eigenvalue weighted by atomic mass is 9.97. The molecule has 0 aliphatic rings. The largest absolute Gasteiger partial charge is 0.508 e. The lowest BCUT2D eigenvalue weighted by molar-refractivity contribution is -0.432. The first-order valence-corrected chi connectivity index (χ1v) is 5.54. The molecule has 0 aliphatic heterocycles. The van der Waals surface area contributed by atoms with Crippen LogP contribution in [0.3, 0.4) is 0 Å². The van der Waals surface area contributed by atoms with Crippen LogP contribution in [0, 0.1) is 0 Å². The number of hydrogen-bond donors (Lipinski definition) is 3. The number of benzene rings is 1. The van der Waals surface area contributed by atoms with Crippen molar-refractivity contribution in [2.75, 3.05) is 0 Å². The van der Waals surface area contributed by atoms with Gasteiger partial charge in [0.1, 0.15) is 11.5 Å². The highest BCUT2D eigenvalue weighted by Crippen LogP contribution is 2.38. The third-order valence-electron chi connectivity index (χ3n) is 2.41. The third kappa shape index (κ3) is 3.02. The second-order valence-electron chi connectivity index (χ2n) is 3.41. The van der Waals surface area contributed by atoms with Gasteiger partial charge in [-0.2, -0.15) is 0 Å². The highest BCUT2D eigenvalue weighted by Gasteiger charge is 2.14. The molecule has 1 unspecified atom stereocenters. The first-order valence-electron chi connectivity index (χ1n) is 4.80. The Morgan fingerprint density at radius 1 is 1.31 bits per heavy atom. The van der Waals surface area contributed by atoms with Gasteiger partial charge < -0.3 is 10.2 Å². The third-order valence-corrected chi connectivity index (χ3v) is 3.04. The summed E-state index contributed by atoms with van der Waals surface area (Å²) in [6, 6.07) is 2.84. The van der Waals surface area contributed by atoms with Gasteiger partial charge in [0.25, 0.3) is 0 Å². The van der Waals surface area contributed by atoms with Crippen molar-refractivity contribution in [1.29, 1.82) is 0 Å². The summed E-state index contributed by atoms with van der Waals surface area (Å²) in [6.45, 7) is 3.95. The minimum absolute atomic E-state index is 0.0323. The fourth-order valence-electron chi connectivity index (χ4n) is 1.31. The Labute approximate surface area is 97.7 Å². The summed E-state index contributed by atoms with van der Waals surface area (Å²) in [7, 11) is 0. The van der Waals surface area contributed by atoms with Gasteiger partial charge in [-0.25, -0.2) is 5.26 Å². The van der Waals surface area contributed by atoms with Crippen LogP contribution in [0.4, 0.5) is 0 Å². The van der Waals surface area contributed by atoms with Crippen LogP contribution in [0.5, 0.6) is 11.5 Å². The highest BCUT2D eigenvalue weighted by molar-refractivity contribution is 7.94. The van der Waals surface area contributed by atoms with Crippen molar-refractivity contribution in [3.8, 4) is 11.5 Å². The predicted octanol–water partition coefficient (Wildman–Crippen LogP) is 3.04. The van der Waals surface area contributed by atoms with Gasteiger partial charge in [-0.1, -0.05) is 18.9 Å². The summed E-state index contributed by atoms with van der Waals surface area (Å²) in [6.07, 6.45) is 0.857. The van der Waals surface area contributed by atoms with Crippen LogP contribution < -0.4 is 0 Å². The maximum Gasteiger partial charge on any atom is 0.132 e. The van der Waals surface area contributed by atoms with Gasteiger partial charge in [-0.15, -0.1) is 4.33 Å². The fourth-order valence-corrected chi connectivity index (χ4v) is 1.71. The van der Waals surface area contributed by atoms with E-state index >= 15 is 0 Å². The lowest BCUT2D eigenvalue weighted by Gasteiger charge is -2.13. The maximum atomic E-state index is 9.73. The standard InChI is InChI=1S/C10H14O5S/c1-3-6(2)7-4-9(12)10(5-8(7)11)16-15-14-13/h4-6,11-13H,3H2,1-2H3. The molecule has 1 aromatic rings. The number of phenols is 2. The average Bonchev–Trinajstić information content (AvgIpc) is 2.28. The average molecular weight is 246 g/mol. The Bertz CT molecular complexity index is 355. The summed E-state index contributed by atoms with van der Waals surface area (Å²) in [5, 5.41) is 30.8. The Morgan fingerprint density at radius 3 is 2.56 bits per heavy atom. The van der Waals surface area contributed by atoms with Crippen molar-refractivity contribution in [2.45, 2.75) is 31.1 Å². The minimum atomic E-state index is -0.0323. The van der Waals surface area contributed by atoms with Gasteiger partial charge >= 0.3 is 0 Å². The van der Waals surface area contributed by atoms with Gasteiger partial charge in [-0.3, -0.25) is 0 Å². The molecule has 5 nitrogen and oxygen atoms in total. The van der Waals surface area contributed by atoms with Gasteiger partial charge in [0.15, 0.2) is 0 Å². The monoisotopic (exact) mass is 246 g/mol. The molecule has 0 heterocycles. The number of phenolic OH excluding ortho intramolecular Hbond substituents is 2. The zero-order valence-electron chi connectivity index (χ0n) is 9.01. The van der Waals surface area contributed by atoms with Crippen LogP contribution in [0.2, 0.25) is 0 Å². The van der Waals surface area contributed by atoms with Gasteiger partial charge in [0.05, 0.1) is 16.9 Å². The molecule has 0 radical (unpaired) electrons. The first kappa shape index (κ1) is 13.1. The predicted molar refractivity (Wildman–Crippen MR) is 59.1 cm³/mol. The Balaban J connectivity index is 2.97. The van der Waals surface area contributed by atoms with Crippen molar-refractivity contribution >= 4 is 12.0 Å². The highest BCUT2D eigenvalue weighted by atomic mass is 32.2. The molecule has 0 spiro atoms. The minimum Gasteiger partial charge on any atom is -0.508 e. The van der Waals surface area contributed by atoms with Crippen LogP contribution in [-0.2, 0) is 9.37 Å². The molecule has 0 saturated carbocycles. The van der Waals surface area contributed by atoms with Crippen molar-refractivity contribution in [2.24, 2.45) is 0 Å². The zero-order valence-corrected chi connectivity index (χ0v) is 9.82. The maximum absolute atomic E-state index is 9.73. The number of aromatic hydroxyl groups is 2. The number of rotatable bonds is 5. The molecule has 90 valence electrons. The van der Waals surface area contributed by atoms with Crippen molar-refractivity contribution in [3.05, 3.63) is 17.7 Å². The number of hydrogen-bond acceptors (Lipinski definition) is 6. The molecule has 6 heteroatoms. The summed E-state index contributed by atoms with van der Waals surface area (Å²) in [5.41, 5.74) is 0.675. The Kier molecular flexibility index (Phi) is 4.88. The van der Waals surface area contributed by atoms with Crippen LogP contribution in [0.25, 0.3) is 0 Å². The van der Waals surface area contributed by atoms with E-state index < -0.39 is 0 Å². The van der Waals surface area contributed by atoms with Crippen molar-refractivity contribution < 1.29 is 24.8 Å². The SMILES string of the molecule is CCC(C)c1cc(O)c(SOOO)cc1O. The molecular formula is C10H14O5S. The van der Waals surface area contributed by atoms with Gasteiger partial charge in [-0.05, 0) is 24.5 Å². The first-order chi connectivity index (χ1) is 7.60. The van der Waals surface area contributed by atoms with Gasteiger partial charge in [0, 0.05) is 5.56 Å². The second kappa shape index (κ2) is 5.95. The molecule has 3 N–H and O–H groups in total. The van der Waals surface area contributed by atoms with E-state index in [2.05, 4.69) is 9.37 Å². The van der Waals surface area contributed by atoms with E-state index in [1.807, 2.05) is 13.8 Å². The fraction of sp³-hybridized carbons (Fsp3) is 0.400. The summed E-state index contributed by atoms with van der Waals surface area (Å²) in [5.74, 6) is 0.200. The summed E-state index contributed by atoms with van der Waals surface area (Å²) < 4.78 is 4.18. The van der Waals surface area contributed by atoms with Crippen molar-refractivity contribution in [3.63, 3.8) is 0 Å². The van der Waals surface area contributed by atoms with E-state index in [4.69, 9.17) is 5.26 Å². The molecule has 1 aromatic carbocycles. The van der Waals surface area contributed by atoms with E-state index in [0.29, 0.717) is 17.6 Å². The van der Waals surface area contributed by atoms with Crippen LogP contribution in [-0.4, -0.2) is 15.5 Å². The normalized spacial score (nSPS) is 12.7. The quantitative estimate of drug-likeness (QED) is 0.321. The summed E-state index contributed by atoms with van der Waals surface area (Å²) in [4.78, 5) is 0.263. The molecule has 0 fully saturated rings. The van der Waals surface area contributed by atoms with Crippen LogP contribution in [0.1, 0.15) is 31.7 Å².